The molecule has 1 aromatic carbocycles. The van der Waals surface area contributed by atoms with Crippen LogP contribution < -0.4 is 15.4 Å². The Bertz CT molecular complexity index is 619. The lowest BCUT2D eigenvalue weighted by atomic mass is 10.3. The highest BCUT2D eigenvalue weighted by atomic mass is 35.5. The molecule has 23 heavy (non-hydrogen) atoms. The second-order valence-electron chi connectivity index (χ2n) is 4.78. The molecule has 0 aliphatic carbocycles. The lowest BCUT2D eigenvalue weighted by molar-refractivity contribution is 0.322. The molecule has 2 rings (SSSR count). The summed E-state index contributed by atoms with van der Waals surface area (Å²) in [7, 11) is 1.74. The van der Waals surface area contributed by atoms with Crippen molar-refractivity contribution in [3.05, 3.63) is 59.4 Å². The van der Waals surface area contributed by atoms with Gasteiger partial charge < -0.3 is 15.4 Å². The Morgan fingerprint density at radius 1 is 1.13 bits per heavy atom. The molecule has 0 radical (unpaired) electrons. The molecule has 5 nitrogen and oxygen atoms in total. The van der Waals surface area contributed by atoms with Gasteiger partial charge in [0.05, 0.1) is 11.6 Å². The summed E-state index contributed by atoms with van der Waals surface area (Å²) >= 11 is 6.03. The number of nitrogens with one attached hydrogen (secondary N) is 2. The molecule has 0 spiro atoms. The Labute approximate surface area is 141 Å². The fourth-order valence-corrected chi connectivity index (χ4v) is 2.16. The number of aliphatic imine (C=N–C) groups is 1. The third-order valence-electron chi connectivity index (χ3n) is 3.11. The number of pyridine rings is 1. The van der Waals surface area contributed by atoms with E-state index >= 15 is 0 Å². The maximum atomic E-state index is 6.03. The minimum Gasteiger partial charge on any atom is -0.490 e. The molecule has 0 saturated heterocycles. The van der Waals surface area contributed by atoms with Crippen molar-refractivity contribution >= 4 is 17.6 Å². The van der Waals surface area contributed by atoms with Gasteiger partial charge in [-0.2, -0.15) is 0 Å². The van der Waals surface area contributed by atoms with E-state index in [0.29, 0.717) is 23.9 Å². The van der Waals surface area contributed by atoms with Gasteiger partial charge in [0.15, 0.2) is 5.96 Å². The van der Waals surface area contributed by atoms with Crippen molar-refractivity contribution < 1.29 is 4.74 Å². The van der Waals surface area contributed by atoms with Crippen molar-refractivity contribution in [3.63, 3.8) is 0 Å². The van der Waals surface area contributed by atoms with Crippen molar-refractivity contribution in [2.24, 2.45) is 4.99 Å². The summed E-state index contributed by atoms with van der Waals surface area (Å²) in [5.41, 5.74) is 1.05. The average molecular weight is 333 g/mol. The molecule has 0 bridgehead atoms. The summed E-state index contributed by atoms with van der Waals surface area (Å²) in [5.74, 6) is 1.43. The molecule has 0 amide bonds. The van der Waals surface area contributed by atoms with E-state index < -0.39 is 0 Å². The van der Waals surface area contributed by atoms with E-state index in [0.717, 1.165) is 24.6 Å². The van der Waals surface area contributed by atoms with Crippen LogP contribution in [0.1, 0.15) is 5.69 Å². The first-order chi connectivity index (χ1) is 11.3. The molecule has 1 heterocycles. The second kappa shape index (κ2) is 9.69. The van der Waals surface area contributed by atoms with Crippen LogP contribution in [0.5, 0.6) is 5.75 Å². The first-order valence-corrected chi connectivity index (χ1v) is 7.89. The molecule has 2 N–H and O–H groups in total. The van der Waals surface area contributed by atoms with Crippen molar-refractivity contribution in [2.45, 2.75) is 6.42 Å². The van der Waals surface area contributed by atoms with E-state index in [4.69, 9.17) is 16.3 Å². The van der Waals surface area contributed by atoms with Gasteiger partial charge in [0.25, 0.3) is 0 Å². The van der Waals surface area contributed by atoms with Gasteiger partial charge in [-0.25, -0.2) is 0 Å². The summed E-state index contributed by atoms with van der Waals surface area (Å²) in [4.78, 5) is 8.46. The number of rotatable bonds is 7. The normalized spacial score (nSPS) is 11.1. The van der Waals surface area contributed by atoms with E-state index in [9.17, 15) is 0 Å². The molecule has 0 unspecified atom stereocenters. The zero-order valence-electron chi connectivity index (χ0n) is 13.1. The monoisotopic (exact) mass is 332 g/mol. The smallest absolute Gasteiger partial charge is 0.191 e. The molecule has 6 heteroatoms. The third kappa shape index (κ3) is 6.16. The largest absolute Gasteiger partial charge is 0.490 e. The number of hydrogen-bond donors (Lipinski definition) is 2. The highest BCUT2D eigenvalue weighted by molar-refractivity contribution is 6.32. The molecule has 0 fully saturated rings. The number of hydrogen-bond acceptors (Lipinski definition) is 3. The number of guanidine groups is 1. The van der Waals surface area contributed by atoms with Crippen LogP contribution in [0.25, 0.3) is 0 Å². The highest BCUT2D eigenvalue weighted by Gasteiger charge is 2.01. The number of benzene rings is 1. The van der Waals surface area contributed by atoms with Gasteiger partial charge in [-0.3, -0.25) is 9.98 Å². The van der Waals surface area contributed by atoms with Crippen molar-refractivity contribution in [1.29, 1.82) is 0 Å². The molecule has 1 aromatic heterocycles. The quantitative estimate of drug-likeness (QED) is 0.465. The van der Waals surface area contributed by atoms with Crippen LogP contribution >= 0.6 is 11.6 Å². The Hall–Kier alpha value is -2.27. The fourth-order valence-electron chi connectivity index (χ4n) is 1.97. The van der Waals surface area contributed by atoms with Crippen LogP contribution in [0.15, 0.2) is 53.7 Å². The maximum absolute atomic E-state index is 6.03. The number of para-hydroxylation sites is 1. The summed E-state index contributed by atoms with van der Waals surface area (Å²) in [6.45, 7) is 1.90. The Morgan fingerprint density at radius 3 is 2.65 bits per heavy atom. The van der Waals surface area contributed by atoms with Crippen LogP contribution in [-0.2, 0) is 6.42 Å². The summed E-state index contributed by atoms with van der Waals surface area (Å²) < 4.78 is 5.62. The minimum atomic E-state index is 0.505. The van der Waals surface area contributed by atoms with E-state index in [-0.39, 0.29) is 0 Å². The van der Waals surface area contributed by atoms with Gasteiger partial charge in [-0.05, 0) is 24.3 Å². The number of nitrogens with zero attached hydrogens (tertiary/aromatic N) is 2. The Balaban J connectivity index is 1.64. The molecule has 122 valence electrons. The SMILES string of the molecule is CN=C(NCCOc1ccccc1Cl)NCCc1ccccn1. The fraction of sp³-hybridized carbons (Fsp3) is 0.294. The lowest BCUT2D eigenvalue weighted by Crippen LogP contribution is -2.40. The molecular weight excluding hydrogens is 312 g/mol. The van der Waals surface area contributed by atoms with Gasteiger partial charge in [0, 0.05) is 31.9 Å². The van der Waals surface area contributed by atoms with Crippen LogP contribution in [0.4, 0.5) is 0 Å². The summed E-state index contributed by atoms with van der Waals surface area (Å²) in [6, 6.07) is 13.3. The minimum absolute atomic E-state index is 0.505. The van der Waals surface area contributed by atoms with E-state index in [1.54, 1.807) is 13.2 Å². The molecule has 0 saturated carbocycles. The van der Waals surface area contributed by atoms with Crippen molar-refractivity contribution in [1.82, 2.24) is 15.6 Å². The average Bonchev–Trinajstić information content (AvgIpc) is 2.59. The standard InChI is InChI=1S/C17H21ClN4O/c1-19-17(21-11-9-14-6-4-5-10-20-14)22-12-13-23-16-8-3-2-7-15(16)18/h2-8,10H,9,11-13H2,1H3,(H2,19,21,22). The Morgan fingerprint density at radius 2 is 1.91 bits per heavy atom. The maximum Gasteiger partial charge on any atom is 0.191 e. The third-order valence-corrected chi connectivity index (χ3v) is 3.42. The zero-order valence-corrected chi connectivity index (χ0v) is 13.9. The number of halogens is 1. The van der Waals surface area contributed by atoms with Gasteiger partial charge in [0.2, 0.25) is 0 Å². The molecule has 2 aromatic rings. The predicted octanol–water partition coefficient (Wildman–Crippen LogP) is 2.52. The van der Waals surface area contributed by atoms with E-state index in [1.807, 2.05) is 42.5 Å². The first-order valence-electron chi connectivity index (χ1n) is 7.51. The second-order valence-corrected chi connectivity index (χ2v) is 5.18. The van der Waals surface area contributed by atoms with E-state index in [1.165, 1.54) is 0 Å². The topological polar surface area (TPSA) is 58.5 Å². The lowest BCUT2D eigenvalue weighted by Gasteiger charge is -2.12. The molecule has 0 aliphatic rings. The molecule has 0 aliphatic heterocycles. The van der Waals surface area contributed by atoms with Gasteiger partial charge in [0.1, 0.15) is 12.4 Å². The summed E-state index contributed by atoms with van der Waals surface area (Å²) in [5, 5.41) is 7.06. The summed E-state index contributed by atoms with van der Waals surface area (Å²) in [6.07, 6.45) is 2.64. The van der Waals surface area contributed by atoms with Gasteiger partial charge in [-0.15, -0.1) is 0 Å². The predicted molar refractivity (Wildman–Crippen MR) is 94.3 cm³/mol. The van der Waals surface area contributed by atoms with Crippen LogP contribution in [0, 0.1) is 0 Å². The van der Waals surface area contributed by atoms with Crippen LogP contribution in [0.2, 0.25) is 5.02 Å². The molecular formula is C17H21ClN4O. The first kappa shape index (κ1) is 17.1. The highest BCUT2D eigenvalue weighted by Crippen LogP contribution is 2.22. The van der Waals surface area contributed by atoms with E-state index in [2.05, 4.69) is 20.6 Å². The molecule has 0 atom stereocenters. The number of ether oxygens (including phenoxy) is 1. The number of aromatic nitrogens is 1. The van der Waals surface area contributed by atoms with Crippen molar-refractivity contribution in [2.75, 3.05) is 26.7 Å². The van der Waals surface area contributed by atoms with Crippen molar-refractivity contribution in [3.8, 4) is 5.75 Å². The van der Waals surface area contributed by atoms with Crippen LogP contribution in [0.3, 0.4) is 0 Å². The van der Waals surface area contributed by atoms with Gasteiger partial charge in [-0.1, -0.05) is 29.8 Å². The van der Waals surface area contributed by atoms with Gasteiger partial charge >= 0.3 is 0 Å². The van der Waals surface area contributed by atoms with Crippen LogP contribution in [-0.4, -0.2) is 37.7 Å². The Kier molecular flexibility index (Phi) is 7.20. The zero-order chi connectivity index (χ0) is 16.3.